The molecule has 1 fully saturated rings. The van der Waals surface area contributed by atoms with Crippen molar-refractivity contribution in [1.82, 2.24) is 4.90 Å². The van der Waals surface area contributed by atoms with E-state index < -0.39 is 0 Å². The first-order chi connectivity index (χ1) is 12.1. The summed E-state index contributed by atoms with van der Waals surface area (Å²) in [5.41, 5.74) is 3.12. The zero-order valence-corrected chi connectivity index (χ0v) is 15.3. The van der Waals surface area contributed by atoms with Crippen LogP contribution in [0, 0.1) is 0 Å². The Bertz CT molecular complexity index is 709. The molecule has 0 bridgehead atoms. The molecule has 0 atom stereocenters. The number of amides is 1. The second kappa shape index (κ2) is 8.37. The van der Waals surface area contributed by atoms with Crippen LogP contribution in [0.2, 0.25) is 5.02 Å². The van der Waals surface area contributed by atoms with Gasteiger partial charge in [0.05, 0.1) is 11.4 Å². The number of anilines is 2. The highest BCUT2D eigenvalue weighted by Crippen LogP contribution is 2.26. The SMILES string of the molecule is CN1CCN(c2ccccc2NC(=O)CCc2ccc(Cl)cc2)CC1. The third-order valence-electron chi connectivity index (χ3n) is 4.58. The molecule has 1 heterocycles. The second-order valence-electron chi connectivity index (χ2n) is 6.48. The van der Waals surface area contributed by atoms with Gasteiger partial charge in [-0.1, -0.05) is 35.9 Å². The van der Waals surface area contributed by atoms with Crippen molar-refractivity contribution in [1.29, 1.82) is 0 Å². The second-order valence-corrected chi connectivity index (χ2v) is 6.92. The minimum absolute atomic E-state index is 0.0385. The lowest BCUT2D eigenvalue weighted by Gasteiger charge is -2.35. The van der Waals surface area contributed by atoms with Crippen molar-refractivity contribution in [2.75, 3.05) is 43.4 Å². The summed E-state index contributed by atoms with van der Waals surface area (Å²) in [4.78, 5) is 17.0. The molecule has 1 N–H and O–H groups in total. The number of hydrogen-bond donors (Lipinski definition) is 1. The molecular weight excluding hydrogens is 334 g/mol. The summed E-state index contributed by atoms with van der Waals surface area (Å²) >= 11 is 5.90. The van der Waals surface area contributed by atoms with Gasteiger partial charge in [-0.15, -0.1) is 0 Å². The third-order valence-corrected chi connectivity index (χ3v) is 4.83. The van der Waals surface area contributed by atoms with Crippen molar-refractivity contribution in [3.63, 3.8) is 0 Å². The predicted octanol–water partition coefficient (Wildman–Crippen LogP) is 3.66. The molecule has 0 spiro atoms. The van der Waals surface area contributed by atoms with Crippen molar-refractivity contribution < 1.29 is 4.79 Å². The van der Waals surface area contributed by atoms with E-state index in [0.717, 1.165) is 43.1 Å². The van der Waals surface area contributed by atoms with E-state index in [1.807, 2.05) is 42.5 Å². The van der Waals surface area contributed by atoms with Gasteiger partial charge in [0.2, 0.25) is 5.91 Å². The van der Waals surface area contributed by atoms with E-state index >= 15 is 0 Å². The molecule has 1 aliphatic rings. The molecule has 0 unspecified atom stereocenters. The number of piperazine rings is 1. The van der Waals surface area contributed by atoms with Crippen LogP contribution in [-0.2, 0) is 11.2 Å². The number of aryl methyl sites for hydroxylation is 1. The zero-order valence-electron chi connectivity index (χ0n) is 14.5. The van der Waals surface area contributed by atoms with E-state index in [9.17, 15) is 4.79 Å². The van der Waals surface area contributed by atoms with E-state index in [4.69, 9.17) is 11.6 Å². The fourth-order valence-electron chi connectivity index (χ4n) is 3.02. The molecule has 1 aliphatic heterocycles. The first-order valence-electron chi connectivity index (χ1n) is 8.68. The molecule has 132 valence electrons. The molecule has 2 aromatic carbocycles. The summed E-state index contributed by atoms with van der Waals surface area (Å²) in [6, 6.07) is 15.7. The summed E-state index contributed by atoms with van der Waals surface area (Å²) in [7, 11) is 2.14. The average Bonchev–Trinajstić information content (AvgIpc) is 2.63. The van der Waals surface area contributed by atoms with Crippen LogP contribution in [0.15, 0.2) is 48.5 Å². The van der Waals surface area contributed by atoms with Crippen LogP contribution in [0.25, 0.3) is 0 Å². The van der Waals surface area contributed by atoms with Gasteiger partial charge in [-0.25, -0.2) is 0 Å². The zero-order chi connectivity index (χ0) is 17.6. The van der Waals surface area contributed by atoms with E-state index in [1.54, 1.807) is 0 Å². The number of hydrogen-bond acceptors (Lipinski definition) is 3. The third kappa shape index (κ3) is 4.97. The first kappa shape index (κ1) is 17.8. The lowest BCUT2D eigenvalue weighted by molar-refractivity contribution is -0.116. The molecule has 1 saturated heterocycles. The number of para-hydroxylation sites is 2. The van der Waals surface area contributed by atoms with Crippen molar-refractivity contribution in [2.45, 2.75) is 12.8 Å². The van der Waals surface area contributed by atoms with Crippen LogP contribution in [0.5, 0.6) is 0 Å². The number of likely N-dealkylation sites (N-methyl/N-ethyl adjacent to an activating group) is 1. The molecule has 0 aromatic heterocycles. The molecule has 2 aromatic rings. The predicted molar refractivity (Wildman–Crippen MR) is 105 cm³/mol. The van der Waals surface area contributed by atoms with Gasteiger partial charge >= 0.3 is 0 Å². The quantitative estimate of drug-likeness (QED) is 0.887. The van der Waals surface area contributed by atoms with Gasteiger partial charge in [0.25, 0.3) is 0 Å². The lowest BCUT2D eigenvalue weighted by atomic mass is 10.1. The van der Waals surface area contributed by atoms with Crippen LogP contribution < -0.4 is 10.2 Å². The molecule has 5 heteroatoms. The molecule has 0 aliphatic carbocycles. The Labute approximate surface area is 154 Å². The van der Waals surface area contributed by atoms with E-state index in [2.05, 4.69) is 28.2 Å². The van der Waals surface area contributed by atoms with Crippen LogP contribution in [0.3, 0.4) is 0 Å². The Balaban J connectivity index is 1.60. The molecular formula is C20H24ClN3O. The topological polar surface area (TPSA) is 35.6 Å². The average molecular weight is 358 g/mol. The van der Waals surface area contributed by atoms with Gasteiger partial charge in [-0.2, -0.15) is 0 Å². The summed E-state index contributed by atoms with van der Waals surface area (Å²) in [5.74, 6) is 0.0385. The lowest BCUT2D eigenvalue weighted by Crippen LogP contribution is -2.44. The first-order valence-corrected chi connectivity index (χ1v) is 9.06. The van der Waals surface area contributed by atoms with Crippen molar-refractivity contribution in [3.8, 4) is 0 Å². The molecule has 4 nitrogen and oxygen atoms in total. The van der Waals surface area contributed by atoms with Gasteiger partial charge in [0.1, 0.15) is 0 Å². The highest BCUT2D eigenvalue weighted by molar-refractivity contribution is 6.30. The van der Waals surface area contributed by atoms with E-state index in [0.29, 0.717) is 17.9 Å². The van der Waals surface area contributed by atoms with Crippen molar-refractivity contribution >= 4 is 28.9 Å². The maximum absolute atomic E-state index is 12.4. The fourth-order valence-corrected chi connectivity index (χ4v) is 3.15. The number of carbonyl (C=O) groups excluding carboxylic acids is 1. The molecule has 25 heavy (non-hydrogen) atoms. The molecule has 0 radical (unpaired) electrons. The summed E-state index contributed by atoms with van der Waals surface area (Å²) in [6.45, 7) is 4.04. The number of benzene rings is 2. The highest BCUT2D eigenvalue weighted by Gasteiger charge is 2.17. The summed E-state index contributed by atoms with van der Waals surface area (Å²) in [5, 5.41) is 3.80. The Hall–Kier alpha value is -2.04. The largest absolute Gasteiger partial charge is 0.367 e. The Morgan fingerprint density at radius 1 is 1.04 bits per heavy atom. The summed E-state index contributed by atoms with van der Waals surface area (Å²) in [6.07, 6.45) is 1.17. The van der Waals surface area contributed by atoms with Crippen LogP contribution in [-0.4, -0.2) is 44.0 Å². The van der Waals surface area contributed by atoms with Gasteiger partial charge in [0.15, 0.2) is 0 Å². The van der Waals surface area contributed by atoms with Crippen molar-refractivity contribution in [2.24, 2.45) is 0 Å². The maximum atomic E-state index is 12.4. The minimum Gasteiger partial charge on any atom is -0.367 e. The fraction of sp³-hybridized carbons (Fsp3) is 0.350. The summed E-state index contributed by atoms with van der Waals surface area (Å²) < 4.78 is 0. The smallest absolute Gasteiger partial charge is 0.224 e. The number of carbonyl (C=O) groups is 1. The van der Waals surface area contributed by atoms with Crippen LogP contribution in [0.4, 0.5) is 11.4 Å². The maximum Gasteiger partial charge on any atom is 0.224 e. The van der Waals surface area contributed by atoms with Gasteiger partial charge < -0.3 is 15.1 Å². The Morgan fingerprint density at radius 2 is 1.72 bits per heavy atom. The Morgan fingerprint density at radius 3 is 2.44 bits per heavy atom. The highest BCUT2D eigenvalue weighted by atomic mass is 35.5. The number of nitrogens with zero attached hydrogens (tertiary/aromatic N) is 2. The molecule has 3 rings (SSSR count). The van der Waals surface area contributed by atoms with Gasteiger partial charge in [-0.05, 0) is 43.3 Å². The van der Waals surface area contributed by atoms with E-state index in [-0.39, 0.29) is 5.91 Å². The number of nitrogens with one attached hydrogen (secondary N) is 1. The van der Waals surface area contributed by atoms with Crippen LogP contribution in [0.1, 0.15) is 12.0 Å². The van der Waals surface area contributed by atoms with E-state index in [1.165, 1.54) is 0 Å². The van der Waals surface area contributed by atoms with Gasteiger partial charge in [-0.3, -0.25) is 4.79 Å². The normalized spacial score (nSPS) is 15.2. The number of rotatable bonds is 5. The number of halogens is 1. The van der Waals surface area contributed by atoms with Crippen LogP contribution >= 0.6 is 11.6 Å². The standard InChI is InChI=1S/C20H24ClN3O/c1-23-12-14-24(15-13-23)19-5-3-2-4-18(19)22-20(25)11-8-16-6-9-17(21)10-7-16/h2-7,9-10H,8,11-15H2,1H3,(H,22,25). The molecule has 0 saturated carbocycles. The Kier molecular flexibility index (Phi) is 5.95. The molecule has 1 amide bonds. The monoisotopic (exact) mass is 357 g/mol. The van der Waals surface area contributed by atoms with Crippen molar-refractivity contribution in [3.05, 3.63) is 59.1 Å². The minimum atomic E-state index is 0.0385. The van der Waals surface area contributed by atoms with Gasteiger partial charge in [0, 0.05) is 37.6 Å².